The number of amides is 1. The van der Waals surface area contributed by atoms with Crippen LogP contribution >= 0.6 is 11.6 Å². The molecule has 12 heteroatoms. The zero-order valence-electron chi connectivity index (χ0n) is 19.5. The Bertz CT molecular complexity index is 1350. The number of anilines is 2. The summed E-state index contributed by atoms with van der Waals surface area (Å²) in [5.41, 5.74) is 8.15. The van der Waals surface area contributed by atoms with E-state index < -0.39 is 0 Å². The van der Waals surface area contributed by atoms with Crippen LogP contribution in [0, 0.1) is 0 Å². The Morgan fingerprint density at radius 2 is 2.14 bits per heavy atom. The van der Waals surface area contributed by atoms with Crippen LogP contribution in [0.5, 0.6) is 5.75 Å². The van der Waals surface area contributed by atoms with Gasteiger partial charge >= 0.3 is 0 Å². The predicted molar refractivity (Wildman–Crippen MR) is 133 cm³/mol. The number of benzene rings is 1. The number of halogens is 1. The highest BCUT2D eigenvalue weighted by Gasteiger charge is 2.29. The van der Waals surface area contributed by atoms with Crippen LogP contribution in [0.2, 0.25) is 5.02 Å². The maximum absolute atomic E-state index is 13.3. The average molecular weight is 496 g/mol. The van der Waals surface area contributed by atoms with Crippen molar-refractivity contribution >= 4 is 40.0 Å². The second kappa shape index (κ2) is 9.41. The van der Waals surface area contributed by atoms with E-state index in [1.54, 1.807) is 17.1 Å². The SMILES string of the molecule is CCOc1cc(N2CCN(C(=O)Cn3nc(-c4ncc[nH]4)c4c(N)ncnc43)C(C)C2)ccc1Cl. The van der Waals surface area contributed by atoms with Crippen LogP contribution in [0.4, 0.5) is 11.5 Å². The monoisotopic (exact) mass is 495 g/mol. The minimum Gasteiger partial charge on any atom is -0.492 e. The normalized spacial score (nSPS) is 16.1. The Morgan fingerprint density at radius 1 is 1.29 bits per heavy atom. The summed E-state index contributed by atoms with van der Waals surface area (Å²) in [5.74, 6) is 1.45. The smallest absolute Gasteiger partial charge is 0.244 e. The molecule has 0 saturated carbocycles. The van der Waals surface area contributed by atoms with Gasteiger partial charge in [-0.25, -0.2) is 19.6 Å². The fourth-order valence-corrected chi connectivity index (χ4v) is 4.61. The van der Waals surface area contributed by atoms with Crippen LogP contribution in [0.1, 0.15) is 13.8 Å². The number of carbonyl (C=O) groups is 1. The molecule has 1 aliphatic heterocycles. The topological polar surface area (TPSA) is 131 Å². The fraction of sp³-hybridized carbons (Fsp3) is 0.348. The first-order chi connectivity index (χ1) is 17.0. The Balaban J connectivity index is 1.34. The van der Waals surface area contributed by atoms with Gasteiger partial charge in [-0.3, -0.25) is 4.79 Å². The third-order valence-corrected chi connectivity index (χ3v) is 6.41. The number of piperazine rings is 1. The summed E-state index contributed by atoms with van der Waals surface area (Å²) >= 11 is 6.24. The van der Waals surface area contributed by atoms with E-state index in [9.17, 15) is 4.79 Å². The number of hydrogen-bond acceptors (Lipinski definition) is 8. The number of nitrogens with zero attached hydrogens (tertiary/aromatic N) is 7. The fourth-order valence-electron chi connectivity index (χ4n) is 4.44. The van der Waals surface area contributed by atoms with Crippen molar-refractivity contribution < 1.29 is 9.53 Å². The Kier molecular flexibility index (Phi) is 6.16. The molecule has 0 spiro atoms. The van der Waals surface area contributed by atoms with E-state index in [-0.39, 0.29) is 24.3 Å². The molecule has 1 aromatic carbocycles. The molecule has 35 heavy (non-hydrogen) atoms. The van der Waals surface area contributed by atoms with Crippen LogP contribution in [0.25, 0.3) is 22.6 Å². The van der Waals surface area contributed by atoms with Gasteiger partial charge in [0, 0.05) is 49.8 Å². The van der Waals surface area contributed by atoms with E-state index in [4.69, 9.17) is 22.1 Å². The van der Waals surface area contributed by atoms with Crippen molar-refractivity contribution in [3.63, 3.8) is 0 Å². The van der Waals surface area contributed by atoms with Gasteiger partial charge in [-0.1, -0.05) is 11.6 Å². The molecule has 0 bridgehead atoms. The molecule has 4 aromatic rings. The summed E-state index contributed by atoms with van der Waals surface area (Å²) in [6, 6.07) is 5.77. The van der Waals surface area contributed by atoms with Gasteiger partial charge in [0.15, 0.2) is 11.5 Å². The van der Waals surface area contributed by atoms with Gasteiger partial charge < -0.3 is 25.3 Å². The summed E-state index contributed by atoms with van der Waals surface area (Å²) < 4.78 is 7.20. The molecule has 11 nitrogen and oxygen atoms in total. The summed E-state index contributed by atoms with van der Waals surface area (Å²) in [6.45, 7) is 6.50. The molecule has 182 valence electrons. The molecule has 0 radical (unpaired) electrons. The van der Waals surface area contributed by atoms with E-state index in [0.29, 0.717) is 59.6 Å². The highest BCUT2D eigenvalue weighted by atomic mass is 35.5. The second-order valence-electron chi connectivity index (χ2n) is 8.33. The number of carbonyl (C=O) groups excluding carboxylic acids is 1. The number of aromatic amines is 1. The lowest BCUT2D eigenvalue weighted by atomic mass is 10.1. The van der Waals surface area contributed by atoms with Crippen molar-refractivity contribution in [3.8, 4) is 17.3 Å². The highest BCUT2D eigenvalue weighted by Crippen LogP contribution is 2.31. The molecule has 1 aliphatic rings. The molecule has 3 N–H and O–H groups in total. The van der Waals surface area contributed by atoms with Crippen molar-refractivity contribution in [2.75, 3.05) is 36.9 Å². The first-order valence-corrected chi connectivity index (χ1v) is 11.8. The van der Waals surface area contributed by atoms with Gasteiger partial charge in [-0.05, 0) is 26.0 Å². The molecule has 5 rings (SSSR count). The first kappa shape index (κ1) is 22.9. The van der Waals surface area contributed by atoms with E-state index in [2.05, 4.69) is 29.9 Å². The largest absolute Gasteiger partial charge is 0.492 e. The van der Waals surface area contributed by atoms with Gasteiger partial charge in [0.25, 0.3) is 0 Å². The van der Waals surface area contributed by atoms with Gasteiger partial charge in [0.05, 0.1) is 17.0 Å². The Labute approximate surface area is 206 Å². The van der Waals surface area contributed by atoms with E-state index in [1.165, 1.54) is 6.33 Å². The quantitative estimate of drug-likeness (QED) is 0.417. The average Bonchev–Trinajstić information content (AvgIpc) is 3.50. The molecular formula is C23H26ClN9O2. The molecule has 1 amide bonds. The molecule has 4 heterocycles. The van der Waals surface area contributed by atoms with Crippen LogP contribution in [-0.2, 0) is 11.3 Å². The van der Waals surface area contributed by atoms with Gasteiger partial charge in [-0.15, -0.1) is 0 Å². The third kappa shape index (κ3) is 4.34. The van der Waals surface area contributed by atoms with Crippen LogP contribution < -0.4 is 15.4 Å². The minimum absolute atomic E-state index is 0.00598. The lowest BCUT2D eigenvalue weighted by Gasteiger charge is -2.41. The summed E-state index contributed by atoms with van der Waals surface area (Å²) in [4.78, 5) is 33.2. The highest BCUT2D eigenvalue weighted by molar-refractivity contribution is 6.32. The summed E-state index contributed by atoms with van der Waals surface area (Å²) in [5, 5.41) is 5.76. The number of imidazole rings is 1. The number of nitrogens with one attached hydrogen (secondary N) is 1. The van der Waals surface area contributed by atoms with Crippen molar-refractivity contribution in [1.82, 2.24) is 34.6 Å². The molecule has 0 aliphatic carbocycles. The van der Waals surface area contributed by atoms with E-state index >= 15 is 0 Å². The number of nitrogen functional groups attached to an aromatic ring is 1. The van der Waals surface area contributed by atoms with Crippen LogP contribution in [0.15, 0.2) is 36.9 Å². The number of H-pyrrole nitrogens is 1. The number of hydrogen-bond donors (Lipinski definition) is 2. The van der Waals surface area contributed by atoms with Crippen molar-refractivity contribution in [1.29, 1.82) is 0 Å². The molecule has 1 atom stereocenters. The third-order valence-electron chi connectivity index (χ3n) is 6.09. The van der Waals surface area contributed by atoms with Crippen LogP contribution in [0.3, 0.4) is 0 Å². The lowest BCUT2D eigenvalue weighted by molar-refractivity contribution is -0.134. The maximum Gasteiger partial charge on any atom is 0.244 e. The zero-order valence-corrected chi connectivity index (χ0v) is 20.2. The van der Waals surface area contributed by atoms with E-state index in [0.717, 1.165) is 5.69 Å². The van der Waals surface area contributed by atoms with Gasteiger partial charge in [0.1, 0.15) is 30.1 Å². The minimum atomic E-state index is -0.0455. The Hall–Kier alpha value is -3.86. The number of ether oxygens (including phenoxy) is 1. The molecular weight excluding hydrogens is 470 g/mol. The molecule has 1 saturated heterocycles. The molecule has 1 unspecified atom stereocenters. The number of aromatic nitrogens is 6. The van der Waals surface area contributed by atoms with Gasteiger partial charge in [-0.2, -0.15) is 5.10 Å². The molecule has 3 aromatic heterocycles. The number of rotatable bonds is 6. The van der Waals surface area contributed by atoms with Crippen molar-refractivity contribution in [3.05, 3.63) is 41.9 Å². The second-order valence-corrected chi connectivity index (χ2v) is 8.74. The summed E-state index contributed by atoms with van der Waals surface area (Å²) in [6.07, 6.45) is 4.70. The first-order valence-electron chi connectivity index (χ1n) is 11.4. The lowest BCUT2D eigenvalue weighted by Crippen LogP contribution is -2.54. The van der Waals surface area contributed by atoms with Crippen molar-refractivity contribution in [2.24, 2.45) is 0 Å². The summed E-state index contributed by atoms with van der Waals surface area (Å²) in [7, 11) is 0. The van der Waals surface area contributed by atoms with Crippen LogP contribution in [-0.4, -0.2) is 72.8 Å². The van der Waals surface area contributed by atoms with Gasteiger partial charge in [0.2, 0.25) is 5.91 Å². The van der Waals surface area contributed by atoms with E-state index in [1.807, 2.05) is 36.9 Å². The zero-order chi connectivity index (χ0) is 24.5. The predicted octanol–water partition coefficient (Wildman–Crippen LogP) is 2.59. The maximum atomic E-state index is 13.3. The molecule has 1 fully saturated rings. The number of nitrogens with two attached hydrogens (primary N) is 1. The Morgan fingerprint density at radius 3 is 2.89 bits per heavy atom. The van der Waals surface area contributed by atoms with Crippen molar-refractivity contribution in [2.45, 2.75) is 26.4 Å². The number of fused-ring (bicyclic) bond motifs is 1. The standard InChI is InChI=1S/C23H26ClN9O2/c1-3-35-17-10-15(4-5-16(17)24)31-8-9-32(14(2)11-31)18(34)12-33-23-19(21(25)28-13-29-23)20(30-33)22-26-6-7-27-22/h4-7,10,13-14H,3,8-9,11-12H2,1-2H3,(H,26,27)(H2,25,28,29).